The van der Waals surface area contributed by atoms with E-state index in [0.717, 1.165) is 0 Å². The van der Waals surface area contributed by atoms with Crippen LogP contribution in [0.5, 0.6) is 5.75 Å². The Morgan fingerprint density at radius 2 is 1.89 bits per heavy atom. The molecule has 0 aromatic heterocycles. The van der Waals surface area contributed by atoms with Crippen LogP contribution in [0, 0.1) is 11.8 Å². The number of benzene rings is 1. The van der Waals surface area contributed by atoms with Crippen molar-refractivity contribution in [3.8, 4) is 5.75 Å². The number of fused-ring (bicyclic) bond motifs is 1. The molecule has 3 fully saturated rings. The average Bonchev–Trinajstić information content (AvgIpc) is 3.53. The molecular formula is C29H39N3O6. The molecule has 1 N–H and O–H groups in total. The van der Waals surface area contributed by atoms with Gasteiger partial charge in [-0.3, -0.25) is 14.4 Å². The summed E-state index contributed by atoms with van der Waals surface area (Å²) in [5, 5.41) is 9.80. The first-order valence-corrected chi connectivity index (χ1v) is 13.4. The van der Waals surface area contributed by atoms with Crippen molar-refractivity contribution in [2.24, 2.45) is 11.8 Å². The average molecular weight is 526 g/mol. The Labute approximate surface area is 224 Å². The summed E-state index contributed by atoms with van der Waals surface area (Å²) in [7, 11) is 0. The Morgan fingerprint density at radius 3 is 2.47 bits per heavy atom. The Balaban J connectivity index is 1.71. The molecule has 0 radical (unpaired) electrons. The molecule has 3 aliphatic rings. The highest BCUT2D eigenvalue weighted by atomic mass is 16.5. The highest BCUT2D eigenvalue weighted by molar-refractivity contribution is 6.03. The number of β-amino-alcohol motifs (C(OH)–C–C–N with tert-alkyl or cyclic N) is 1. The number of hydrogen-bond acceptors (Lipinski definition) is 6. The number of hydrogen-bond donors (Lipinski definition) is 1. The van der Waals surface area contributed by atoms with E-state index in [9.17, 15) is 19.5 Å². The lowest BCUT2D eigenvalue weighted by molar-refractivity contribution is -0.149. The number of anilines is 1. The van der Waals surface area contributed by atoms with Gasteiger partial charge in [0.25, 0.3) is 0 Å². The van der Waals surface area contributed by atoms with Gasteiger partial charge in [0.2, 0.25) is 17.7 Å². The Kier molecular flexibility index (Phi) is 8.28. The van der Waals surface area contributed by atoms with Gasteiger partial charge >= 0.3 is 0 Å². The number of aliphatic hydroxyl groups is 1. The van der Waals surface area contributed by atoms with Gasteiger partial charge < -0.3 is 29.3 Å². The molecule has 5 atom stereocenters. The number of carbonyl (C=O) groups is 3. The number of ether oxygens (including phenoxy) is 2. The van der Waals surface area contributed by atoms with E-state index in [1.165, 1.54) is 4.90 Å². The van der Waals surface area contributed by atoms with Gasteiger partial charge in [-0.2, -0.15) is 0 Å². The standard InChI is InChI=1S/C29H39N3O6/c1-6-15-30(19(4)5)28(36)25-29-14-13-22(38-29)23(24(29)27(35)32(25)17-18-33)26(34)31(16-7-2)20-9-11-21(12-10-20)37-8-3/h6-7,9-12,19,22-25,33H,1-2,8,13-18H2,3-5H3/t22-,23+,24-,25?,29?/m0/s1. The lowest BCUT2D eigenvalue weighted by atomic mass is 9.70. The summed E-state index contributed by atoms with van der Waals surface area (Å²) in [6.45, 7) is 14.1. The van der Waals surface area contributed by atoms with Crippen molar-refractivity contribution >= 4 is 23.4 Å². The monoisotopic (exact) mass is 525 g/mol. The van der Waals surface area contributed by atoms with Gasteiger partial charge in [0, 0.05) is 31.4 Å². The van der Waals surface area contributed by atoms with E-state index in [1.54, 1.807) is 34.1 Å². The molecule has 4 rings (SSSR count). The first kappa shape index (κ1) is 27.9. The summed E-state index contributed by atoms with van der Waals surface area (Å²) >= 11 is 0. The smallest absolute Gasteiger partial charge is 0.248 e. The van der Waals surface area contributed by atoms with Gasteiger partial charge in [-0.05, 0) is 57.9 Å². The maximum Gasteiger partial charge on any atom is 0.248 e. The third-order valence-corrected chi connectivity index (χ3v) is 7.93. The minimum Gasteiger partial charge on any atom is -0.494 e. The molecule has 3 amide bonds. The zero-order chi connectivity index (χ0) is 27.6. The lowest BCUT2D eigenvalue weighted by Gasteiger charge is -2.38. The summed E-state index contributed by atoms with van der Waals surface area (Å²) in [4.78, 5) is 46.7. The molecular weight excluding hydrogens is 486 g/mol. The van der Waals surface area contributed by atoms with Crippen LogP contribution in [0.1, 0.15) is 33.6 Å². The number of nitrogens with zero attached hydrogens (tertiary/aromatic N) is 3. The molecule has 1 aromatic carbocycles. The van der Waals surface area contributed by atoms with E-state index in [1.807, 2.05) is 32.9 Å². The maximum absolute atomic E-state index is 14.1. The van der Waals surface area contributed by atoms with Crippen molar-refractivity contribution < 1.29 is 29.0 Å². The summed E-state index contributed by atoms with van der Waals surface area (Å²) in [6, 6.07) is 6.20. The molecule has 3 heterocycles. The number of aliphatic hydroxyl groups excluding tert-OH is 1. The molecule has 9 nitrogen and oxygen atoms in total. The van der Waals surface area contributed by atoms with Crippen LogP contribution in [0.25, 0.3) is 0 Å². The van der Waals surface area contributed by atoms with E-state index in [2.05, 4.69) is 13.2 Å². The van der Waals surface area contributed by atoms with Crippen LogP contribution in [0.2, 0.25) is 0 Å². The van der Waals surface area contributed by atoms with Gasteiger partial charge in [0.05, 0.1) is 31.2 Å². The quantitative estimate of drug-likeness (QED) is 0.421. The minimum absolute atomic E-state index is 0.00227. The molecule has 3 saturated heterocycles. The molecule has 1 aromatic rings. The second-order valence-corrected chi connectivity index (χ2v) is 10.3. The number of carbonyl (C=O) groups excluding carboxylic acids is 3. The molecule has 38 heavy (non-hydrogen) atoms. The molecule has 0 aliphatic carbocycles. The van der Waals surface area contributed by atoms with Crippen molar-refractivity contribution in [1.82, 2.24) is 9.80 Å². The van der Waals surface area contributed by atoms with Crippen molar-refractivity contribution in [2.45, 2.75) is 57.4 Å². The van der Waals surface area contributed by atoms with Crippen LogP contribution in [0.4, 0.5) is 5.69 Å². The van der Waals surface area contributed by atoms with Crippen molar-refractivity contribution in [3.63, 3.8) is 0 Å². The maximum atomic E-state index is 14.1. The first-order valence-electron chi connectivity index (χ1n) is 13.4. The molecule has 206 valence electrons. The lowest BCUT2D eigenvalue weighted by Crippen LogP contribution is -2.57. The molecule has 1 spiro atoms. The van der Waals surface area contributed by atoms with Crippen LogP contribution in [-0.4, -0.2) is 89.3 Å². The first-order chi connectivity index (χ1) is 18.2. The molecule has 2 unspecified atom stereocenters. The van der Waals surface area contributed by atoms with E-state index in [4.69, 9.17) is 9.47 Å². The van der Waals surface area contributed by atoms with Crippen molar-refractivity contribution in [3.05, 3.63) is 49.6 Å². The van der Waals surface area contributed by atoms with Crippen LogP contribution in [0.15, 0.2) is 49.6 Å². The summed E-state index contributed by atoms with van der Waals surface area (Å²) in [5.74, 6) is -1.64. The Morgan fingerprint density at radius 1 is 1.21 bits per heavy atom. The largest absolute Gasteiger partial charge is 0.494 e. The predicted octanol–water partition coefficient (Wildman–Crippen LogP) is 2.39. The number of likely N-dealkylation sites (tertiary alicyclic amines) is 1. The summed E-state index contributed by atoms with van der Waals surface area (Å²) < 4.78 is 12.0. The summed E-state index contributed by atoms with van der Waals surface area (Å²) in [6.07, 6.45) is 3.91. The van der Waals surface area contributed by atoms with E-state index < -0.39 is 29.6 Å². The van der Waals surface area contributed by atoms with E-state index in [0.29, 0.717) is 37.4 Å². The normalized spacial score (nSPS) is 27.4. The Bertz CT molecular complexity index is 1070. The molecule has 0 saturated carbocycles. The Hall–Kier alpha value is -3.17. The van der Waals surface area contributed by atoms with Crippen LogP contribution in [-0.2, 0) is 19.1 Å². The van der Waals surface area contributed by atoms with E-state index >= 15 is 0 Å². The van der Waals surface area contributed by atoms with E-state index in [-0.39, 0.29) is 43.5 Å². The van der Waals surface area contributed by atoms with Crippen LogP contribution in [0.3, 0.4) is 0 Å². The fraction of sp³-hybridized carbons (Fsp3) is 0.552. The third kappa shape index (κ3) is 4.52. The fourth-order valence-corrected chi connectivity index (χ4v) is 6.43. The van der Waals surface area contributed by atoms with Gasteiger partial charge in [-0.1, -0.05) is 12.2 Å². The zero-order valence-corrected chi connectivity index (χ0v) is 22.5. The van der Waals surface area contributed by atoms with Gasteiger partial charge in [-0.25, -0.2) is 0 Å². The number of amides is 3. The molecule has 3 aliphatic heterocycles. The second-order valence-electron chi connectivity index (χ2n) is 10.3. The minimum atomic E-state index is -1.11. The highest BCUT2D eigenvalue weighted by Crippen LogP contribution is 2.59. The second kappa shape index (κ2) is 11.3. The van der Waals surface area contributed by atoms with Gasteiger partial charge in [0.1, 0.15) is 17.4 Å². The van der Waals surface area contributed by atoms with Crippen molar-refractivity contribution in [2.75, 3.05) is 37.7 Å². The fourth-order valence-electron chi connectivity index (χ4n) is 6.43. The molecule has 2 bridgehead atoms. The van der Waals surface area contributed by atoms with Crippen molar-refractivity contribution in [1.29, 1.82) is 0 Å². The van der Waals surface area contributed by atoms with Gasteiger partial charge in [-0.15, -0.1) is 13.2 Å². The highest BCUT2D eigenvalue weighted by Gasteiger charge is 2.74. The predicted molar refractivity (Wildman–Crippen MR) is 144 cm³/mol. The van der Waals surface area contributed by atoms with Crippen LogP contribution >= 0.6 is 0 Å². The third-order valence-electron chi connectivity index (χ3n) is 7.93. The topological polar surface area (TPSA) is 99.6 Å². The van der Waals surface area contributed by atoms with Crippen LogP contribution < -0.4 is 9.64 Å². The number of rotatable bonds is 12. The summed E-state index contributed by atoms with van der Waals surface area (Å²) in [5.41, 5.74) is -0.446. The SMILES string of the molecule is C=CCN(C(=O)[C@@H]1[C@@H]2CCC3(O2)C(C(=O)N(CC=C)C(C)C)N(CCO)C(=O)[C@H]13)c1ccc(OCC)cc1. The van der Waals surface area contributed by atoms with Gasteiger partial charge in [0.15, 0.2) is 0 Å². The zero-order valence-electron chi connectivity index (χ0n) is 22.5. The molecule has 9 heteroatoms.